The maximum Gasteiger partial charge on any atom is 0.411 e. The number of alkyl carbamates (subject to hydrolysis) is 1. The van der Waals surface area contributed by atoms with Crippen molar-refractivity contribution in [3.63, 3.8) is 0 Å². The van der Waals surface area contributed by atoms with Crippen LogP contribution in [0.15, 0.2) is 18.2 Å². The molecular weight excluding hydrogens is 943 g/mol. The maximum atomic E-state index is 12.7. The number of hydrogen-bond donors (Lipinski definition) is 6. The summed E-state index contributed by atoms with van der Waals surface area (Å²) in [4.78, 5) is 61.7. The van der Waals surface area contributed by atoms with E-state index in [4.69, 9.17) is 57.8 Å². The average molecular weight is 1030 g/mol. The lowest BCUT2D eigenvalue weighted by Crippen LogP contribution is -2.42. The monoisotopic (exact) mass is 1030 g/mol. The minimum atomic E-state index is -0.795. The molecule has 1 aromatic carbocycles. The number of anilines is 1. The van der Waals surface area contributed by atoms with Crippen LogP contribution in [0.5, 0.6) is 5.75 Å². The number of esters is 1. The molecule has 3 atom stereocenters. The van der Waals surface area contributed by atoms with Gasteiger partial charge in [0, 0.05) is 19.1 Å². The van der Waals surface area contributed by atoms with E-state index in [0.717, 1.165) is 25.7 Å². The van der Waals surface area contributed by atoms with Crippen LogP contribution in [0.1, 0.15) is 99.5 Å². The lowest BCUT2D eigenvalue weighted by molar-refractivity contribution is -0.159. The van der Waals surface area contributed by atoms with Crippen molar-refractivity contribution >= 4 is 35.7 Å². The molecule has 0 heterocycles. The normalized spacial score (nSPS) is 12.9. The van der Waals surface area contributed by atoms with Gasteiger partial charge in [-0.15, -0.1) is 0 Å². The van der Waals surface area contributed by atoms with Crippen LogP contribution in [-0.2, 0) is 72.9 Å². The second kappa shape index (κ2) is 40.1. The van der Waals surface area contributed by atoms with E-state index >= 15 is 0 Å². The summed E-state index contributed by atoms with van der Waals surface area (Å²) in [6, 6.07) is 3.58. The molecular formula is C50H89N5O17. The Balaban J connectivity index is 2.02. The van der Waals surface area contributed by atoms with Crippen molar-refractivity contribution in [2.45, 2.75) is 124 Å². The molecule has 0 aromatic heterocycles. The van der Waals surface area contributed by atoms with E-state index in [9.17, 15) is 29.1 Å². The van der Waals surface area contributed by atoms with Crippen LogP contribution in [0.3, 0.4) is 0 Å². The third-order valence-corrected chi connectivity index (χ3v) is 9.68. The molecule has 4 amide bonds. The van der Waals surface area contributed by atoms with Crippen molar-refractivity contribution < 1.29 is 81.2 Å². The highest BCUT2D eigenvalue weighted by Crippen LogP contribution is 2.26. The Morgan fingerprint density at radius 3 is 1.61 bits per heavy atom. The number of phenols is 1. The zero-order chi connectivity index (χ0) is 53.5. The van der Waals surface area contributed by atoms with Crippen molar-refractivity contribution in [1.82, 2.24) is 16.0 Å². The highest BCUT2D eigenvalue weighted by atomic mass is 16.6. The molecule has 0 bridgehead atoms. The van der Waals surface area contributed by atoms with Crippen molar-refractivity contribution in [2.75, 3.05) is 131 Å². The van der Waals surface area contributed by atoms with Gasteiger partial charge in [0.05, 0.1) is 117 Å². The number of nitrogens with one attached hydrogen (secondary N) is 4. The molecule has 72 heavy (non-hydrogen) atoms. The first-order valence-corrected chi connectivity index (χ1v) is 25.2. The van der Waals surface area contributed by atoms with Crippen molar-refractivity contribution in [2.24, 2.45) is 11.7 Å². The van der Waals surface area contributed by atoms with Crippen LogP contribution < -0.4 is 27.0 Å². The first-order chi connectivity index (χ1) is 34.3. The number of nitrogens with two attached hydrogens (primary N) is 1. The van der Waals surface area contributed by atoms with Crippen molar-refractivity contribution in [3.05, 3.63) is 23.8 Å². The topological polar surface area (TPSA) is 281 Å². The van der Waals surface area contributed by atoms with E-state index in [2.05, 4.69) is 28.2 Å². The first-order valence-electron chi connectivity index (χ1n) is 25.2. The largest absolute Gasteiger partial charge is 0.506 e. The Morgan fingerprint density at radius 2 is 1.11 bits per heavy atom. The lowest BCUT2D eigenvalue weighted by atomic mass is 9.95. The van der Waals surface area contributed by atoms with Gasteiger partial charge in [0.2, 0.25) is 11.8 Å². The van der Waals surface area contributed by atoms with E-state index in [-0.39, 0.29) is 69.1 Å². The number of amides is 4. The summed E-state index contributed by atoms with van der Waals surface area (Å²) in [7, 11) is 0. The van der Waals surface area contributed by atoms with Gasteiger partial charge in [-0.05, 0) is 97.8 Å². The Morgan fingerprint density at radius 1 is 0.625 bits per heavy atom. The van der Waals surface area contributed by atoms with Crippen LogP contribution in [-0.4, -0.2) is 184 Å². The molecule has 22 heteroatoms. The molecule has 0 aliphatic rings. The molecule has 22 nitrogen and oxygen atoms in total. The van der Waals surface area contributed by atoms with E-state index in [1.165, 1.54) is 6.07 Å². The quantitative estimate of drug-likeness (QED) is 0.0229. The Hall–Kier alpha value is -4.39. The van der Waals surface area contributed by atoms with E-state index in [1.54, 1.807) is 60.6 Å². The second-order valence-electron chi connectivity index (χ2n) is 18.8. The van der Waals surface area contributed by atoms with Gasteiger partial charge in [-0.1, -0.05) is 26.3 Å². The fourth-order valence-corrected chi connectivity index (χ4v) is 6.15. The predicted molar refractivity (Wildman–Crippen MR) is 269 cm³/mol. The van der Waals surface area contributed by atoms with Gasteiger partial charge in [0.1, 0.15) is 30.2 Å². The summed E-state index contributed by atoms with van der Waals surface area (Å²) in [5.41, 5.74) is 5.28. The second-order valence-corrected chi connectivity index (χ2v) is 18.8. The summed E-state index contributed by atoms with van der Waals surface area (Å²) in [5, 5.41) is 21.4. The van der Waals surface area contributed by atoms with E-state index < -0.39 is 47.4 Å². The van der Waals surface area contributed by atoms with Gasteiger partial charge in [0.25, 0.3) is 0 Å². The number of phenolic OH excluding ortho intramolecular Hbond substituents is 1. The number of aromatic hydroxyl groups is 1. The number of rotatable bonds is 42. The third kappa shape index (κ3) is 38.3. The molecule has 7 N–H and O–H groups in total. The fourth-order valence-electron chi connectivity index (χ4n) is 6.15. The van der Waals surface area contributed by atoms with Gasteiger partial charge < -0.3 is 78.9 Å². The fraction of sp³-hybridized carbons (Fsp3) is 0.780. The molecule has 0 saturated carbocycles. The standard InChI is InChI=1S/C50H89N5O17/c1-9-10-16-53-45(58)41(51)13-11-12-17-52-44(57)37-69-31-30-67-27-26-65-23-22-63-19-18-62-20-21-64-24-25-66-28-29-68-32-33-70-47(60)55-42-36-39(14-15-43(42)56)35-40(54-48(61)72-50(6,7)8)34-38(2)46(59)71-49(3,4)5/h14-15,36,38,40-41,56H,9-13,16-35,37,51H2,1-8H3,(H,52,57)(H,53,58)(H,54,61)(H,55,60)/t38-,40+,41-/m0/s1. The number of carbonyl (C=O) groups excluding carboxylic acids is 5. The maximum absolute atomic E-state index is 12.7. The van der Waals surface area contributed by atoms with Crippen LogP contribution >= 0.6 is 0 Å². The van der Waals surface area contributed by atoms with E-state index in [1.807, 2.05) is 0 Å². The summed E-state index contributed by atoms with van der Waals surface area (Å²) in [6.07, 6.45) is 3.07. The van der Waals surface area contributed by atoms with Crippen molar-refractivity contribution in [1.29, 1.82) is 0 Å². The molecule has 416 valence electrons. The zero-order valence-electron chi connectivity index (χ0n) is 44.4. The van der Waals surface area contributed by atoms with Crippen molar-refractivity contribution in [3.8, 4) is 5.75 Å². The summed E-state index contributed by atoms with van der Waals surface area (Å²) in [6.45, 7) is 20.9. The molecule has 0 aliphatic heterocycles. The first kappa shape index (κ1) is 65.6. The van der Waals surface area contributed by atoms with E-state index in [0.29, 0.717) is 104 Å². The van der Waals surface area contributed by atoms with Crippen LogP contribution in [0.25, 0.3) is 0 Å². The summed E-state index contributed by atoms with van der Waals surface area (Å²) < 4.78 is 59.9. The summed E-state index contributed by atoms with van der Waals surface area (Å²) >= 11 is 0. The Kier molecular flexibility index (Phi) is 36.5. The molecule has 0 fully saturated rings. The van der Waals surface area contributed by atoms with Crippen LogP contribution in [0.2, 0.25) is 0 Å². The van der Waals surface area contributed by atoms with Gasteiger partial charge in [0.15, 0.2) is 0 Å². The molecule has 0 spiro atoms. The number of hydrogen-bond acceptors (Lipinski definition) is 18. The van der Waals surface area contributed by atoms with Gasteiger partial charge in [-0.3, -0.25) is 19.7 Å². The van der Waals surface area contributed by atoms with Gasteiger partial charge >= 0.3 is 18.2 Å². The highest BCUT2D eigenvalue weighted by molar-refractivity contribution is 5.86. The van der Waals surface area contributed by atoms with Gasteiger partial charge in [-0.2, -0.15) is 0 Å². The molecule has 0 radical (unpaired) electrons. The zero-order valence-corrected chi connectivity index (χ0v) is 44.4. The molecule has 1 aromatic rings. The van der Waals surface area contributed by atoms with Crippen LogP contribution in [0, 0.1) is 5.92 Å². The molecule has 0 aliphatic carbocycles. The number of unbranched alkanes of at least 4 members (excludes halogenated alkanes) is 2. The van der Waals surface area contributed by atoms with Gasteiger partial charge in [-0.25, -0.2) is 9.59 Å². The molecule has 1 rings (SSSR count). The Bertz CT molecular complexity index is 1630. The number of ether oxygens (including phenoxy) is 11. The SMILES string of the molecule is CCCCNC(=O)[C@@H](N)CCCCNC(=O)COCCOCCOCCOCCOCCOCCOCCOCCOC(=O)Nc1cc(C[C@@H](C[C@H](C)C(=O)OC(C)(C)C)NC(=O)OC(C)(C)C)ccc1O. The number of benzene rings is 1. The lowest BCUT2D eigenvalue weighted by Gasteiger charge is -2.27. The molecule has 0 unspecified atom stereocenters. The molecule has 0 saturated heterocycles. The minimum absolute atomic E-state index is 0.0407. The average Bonchev–Trinajstić information content (AvgIpc) is 3.29. The Labute approximate surface area is 427 Å². The minimum Gasteiger partial charge on any atom is -0.506 e. The number of carbonyl (C=O) groups is 5. The highest BCUT2D eigenvalue weighted by Gasteiger charge is 2.27. The smallest absolute Gasteiger partial charge is 0.411 e. The predicted octanol–water partition coefficient (Wildman–Crippen LogP) is 4.41. The van der Waals surface area contributed by atoms with Crippen LogP contribution in [0.4, 0.5) is 15.3 Å². The summed E-state index contributed by atoms with van der Waals surface area (Å²) in [5.74, 6) is -1.45. The third-order valence-electron chi connectivity index (χ3n) is 9.68.